The molecule has 0 fully saturated rings. The van der Waals surface area contributed by atoms with Gasteiger partial charge in [0.15, 0.2) is 0 Å². The second-order valence-corrected chi connectivity index (χ2v) is 2.66. The van der Waals surface area contributed by atoms with Crippen LogP contribution in [0.3, 0.4) is 0 Å². The molecule has 52 valence electrons. The summed E-state index contributed by atoms with van der Waals surface area (Å²) in [5.74, 6) is 0.764. The van der Waals surface area contributed by atoms with Gasteiger partial charge in [0.1, 0.15) is 0 Å². The summed E-state index contributed by atoms with van der Waals surface area (Å²) in [7, 11) is 0. The van der Waals surface area contributed by atoms with Gasteiger partial charge in [0.05, 0.1) is 0 Å². The first-order valence-electron chi connectivity index (χ1n) is 3.69. The van der Waals surface area contributed by atoms with Crippen molar-refractivity contribution in [2.24, 2.45) is 5.92 Å². The van der Waals surface area contributed by atoms with Crippen molar-refractivity contribution in [3.05, 3.63) is 12.2 Å². The Hall–Kier alpha value is -0.300. The number of hydrogen-bond donors (Lipinski definition) is 1. The van der Waals surface area contributed by atoms with E-state index in [1.54, 1.807) is 0 Å². The number of aliphatic hydroxyl groups excluding tert-OH is 1. The zero-order chi connectivity index (χ0) is 6.53. The second kappa shape index (κ2) is 3.67. The molecule has 0 aromatic carbocycles. The molecule has 0 aromatic heterocycles. The monoisotopic (exact) mass is 126 g/mol. The molecule has 0 amide bonds. The molecule has 1 rings (SSSR count). The van der Waals surface area contributed by atoms with Crippen LogP contribution in [0.1, 0.15) is 25.7 Å². The fourth-order valence-electron chi connectivity index (χ4n) is 1.30. The molecular formula is C8H14O. The minimum Gasteiger partial charge on any atom is -0.396 e. The van der Waals surface area contributed by atoms with Crippen LogP contribution in [0.2, 0.25) is 0 Å². The summed E-state index contributed by atoms with van der Waals surface area (Å²) in [5.41, 5.74) is 0. The smallest absolute Gasteiger partial charge is 0.0433 e. The molecule has 9 heavy (non-hydrogen) atoms. The Morgan fingerprint density at radius 3 is 2.89 bits per heavy atom. The van der Waals surface area contributed by atoms with E-state index in [1.807, 2.05) is 0 Å². The first-order chi connectivity index (χ1) is 4.43. The lowest BCUT2D eigenvalue weighted by molar-refractivity contribution is 0.251. The molecule has 0 unspecified atom stereocenters. The fraction of sp³-hybridized carbons (Fsp3) is 0.750. The summed E-state index contributed by atoms with van der Waals surface area (Å²) in [6, 6.07) is 0. The first-order valence-corrected chi connectivity index (χ1v) is 3.69. The maximum Gasteiger partial charge on any atom is 0.0433 e. The predicted molar refractivity (Wildman–Crippen MR) is 38.2 cm³/mol. The minimum absolute atomic E-state index is 0.360. The highest BCUT2D eigenvalue weighted by atomic mass is 16.3. The van der Waals surface area contributed by atoms with Crippen LogP contribution in [0, 0.1) is 5.92 Å². The number of rotatable bonds is 2. The molecule has 1 atom stereocenters. The molecule has 0 spiro atoms. The molecule has 0 aliphatic heterocycles. The van der Waals surface area contributed by atoms with Crippen LogP contribution in [-0.2, 0) is 0 Å². The van der Waals surface area contributed by atoms with E-state index >= 15 is 0 Å². The highest BCUT2D eigenvalue weighted by Gasteiger charge is 2.07. The van der Waals surface area contributed by atoms with Crippen LogP contribution in [0.5, 0.6) is 0 Å². The van der Waals surface area contributed by atoms with Gasteiger partial charge < -0.3 is 5.11 Å². The third kappa shape index (κ3) is 2.19. The molecule has 0 bridgehead atoms. The van der Waals surface area contributed by atoms with Gasteiger partial charge in [-0.2, -0.15) is 0 Å². The SMILES string of the molecule is OCC[C@H]1CC=CCC1. The van der Waals surface area contributed by atoms with Crippen molar-refractivity contribution in [2.75, 3.05) is 6.61 Å². The van der Waals surface area contributed by atoms with Gasteiger partial charge in [-0.05, 0) is 31.6 Å². The summed E-state index contributed by atoms with van der Waals surface area (Å²) in [4.78, 5) is 0. The first kappa shape index (κ1) is 6.81. The van der Waals surface area contributed by atoms with E-state index in [0.717, 1.165) is 12.3 Å². The molecule has 0 saturated heterocycles. The maximum absolute atomic E-state index is 8.59. The summed E-state index contributed by atoms with van der Waals surface area (Å²) >= 11 is 0. The highest BCUT2D eigenvalue weighted by Crippen LogP contribution is 2.20. The van der Waals surface area contributed by atoms with Crippen LogP contribution in [-0.4, -0.2) is 11.7 Å². The van der Waals surface area contributed by atoms with Crippen LogP contribution < -0.4 is 0 Å². The normalized spacial score (nSPS) is 26.6. The van der Waals surface area contributed by atoms with E-state index in [1.165, 1.54) is 19.3 Å². The van der Waals surface area contributed by atoms with Gasteiger partial charge in [-0.3, -0.25) is 0 Å². The van der Waals surface area contributed by atoms with Gasteiger partial charge in [-0.25, -0.2) is 0 Å². The Labute approximate surface area is 56.4 Å². The molecule has 1 nitrogen and oxygen atoms in total. The summed E-state index contributed by atoms with van der Waals surface area (Å²) in [6.07, 6.45) is 9.12. The Balaban J connectivity index is 2.18. The largest absolute Gasteiger partial charge is 0.396 e. The minimum atomic E-state index is 0.360. The Kier molecular flexibility index (Phi) is 2.78. The van der Waals surface area contributed by atoms with Gasteiger partial charge in [-0.15, -0.1) is 0 Å². The molecule has 0 saturated carbocycles. The van der Waals surface area contributed by atoms with Crippen molar-refractivity contribution in [3.63, 3.8) is 0 Å². The molecule has 1 aliphatic rings. The fourth-order valence-corrected chi connectivity index (χ4v) is 1.30. The predicted octanol–water partition coefficient (Wildman–Crippen LogP) is 1.73. The van der Waals surface area contributed by atoms with E-state index in [9.17, 15) is 0 Å². The highest BCUT2D eigenvalue weighted by molar-refractivity contribution is 4.89. The van der Waals surface area contributed by atoms with E-state index in [0.29, 0.717) is 6.61 Å². The van der Waals surface area contributed by atoms with E-state index in [4.69, 9.17) is 5.11 Å². The molecule has 0 radical (unpaired) electrons. The topological polar surface area (TPSA) is 20.2 Å². The average Bonchev–Trinajstić information content (AvgIpc) is 1.91. The van der Waals surface area contributed by atoms with Crippen molar-refractivity contribution in [2.45, 2.75) is 25.7 Å². The van der Waals surface area contributed by atoms with Gasteiger partial charge in [0.25, 0.3) is 0 Å². The van der Waals surface area contributed by atoms with E-state index < -0.39 is 0 Å². The molecule has 1 heteroatoms. The third-order valence-corrected chi connectivity index (χ3v) is 1.92. The standard InChI is InChI=1S/C8H14O/c9-7-6-8-4-2-1-3-5-8/h1-2,8-9H,3-7H2/t8-/m0/s1. The quantitative estimate of drug-likeness (QED) is 0.558. The van der Waals surface area contributed by atoms with Gasteiger partial charge >= 0.3 is 0 Å². The van der Waals surface area contributed by atoms with Gasteiger partial charge in [0.2, 0.25) is 0 Å². The molecule has 1 N–H and O–H groups in total. The van der Waals surface area contributed by atoms with Crippen LogP contribution in [0.25, 0.3) is 0 Å². The zero-order valence-corrected chi connectivity index (χ0v) is 5.71. The number of hydrogen-bond acceptors (Lipinski definition) is 1. The Bertz CT molecular complexity index is 96.7. The summed E-state index contributed by atoms with van der Waals surface area (Å²) in [6.45, 7) is 0.360. The van der Waals surface area contributed by atoms with Crippen molar-refractivity contribution >= 4 is 0 Å². The molecule has 1 aliphatic carbocycles. The third-order valence-electron chi connectivity index (χ3n) is 1.92. The second-order valence-electron chi connectivity index (χ2n) is 2.66. The van der Waals surface area contributed by atoms with Crippen LogP contribution in [0.15, 0.2) is 12.2 Å². The van der Waals surface area contributed by atoms with Crippen LogP contribution in [0.4, 0.5) is 0 Å². The average molecular weight is 126 g/mol. The van der Waals surface area contributed by atoms with Gasteiger partial charge in [0, 0.05) is 6.61 Å². The molecule has 0 heterocycles. The molecular weight excluding hydrogens is 112 g/mol. The Morgan fingerprint density at radius 1 is 1.44 bits per heavy atom. The summed E-state index contributed by atoms with van der Waals surface area (Å²) < 4.78 is 0. The van der Waals surface area contributed by atoms with Crippen LogP contribution >= 0.6 is 0 Å². The molecule has 0 aromatic rings. The number of aliphatic hydroxyl groups is 1. The lowest BCUT2D eigenvalue weighted by atomic mass is 9.92. The van der Waals surface area contributed by atoms with Gasteiger partial charge in [-0.1, -0.05) is 12.2 Å². The lowest BCUT2D eigenvalue weighted by Crippen LogP contribution is -2.04. The van der Waals surface area contributed by atoms with E-state index in [-0.39, 0.29) is 0 Å². The van der Waals surface area contributed by atoms with Crippen molar-refractivity contribution in [1.82, 2.24) is 0 Å². The van der Waals surface area contributed by atoms with Crippen molar-refractivity contribution in [3.8, 4) is 0 Å². The zero-order valence-electron chi connectivity index (χ0n) is 5.71. The lowest BCUT2D eigenvalue weighted by Gasteiger charge is -2.15. The van der Waals surface area contributed by atoms with Crippen molar-refractivity contribution < 1.29 is 5.11 Å². The van der Waals surface area contributed by atoms with E-state index in [2.05, 4.69) is 12.2 Å². The summed E-state index contributed by atoms with van der Waals surface area (Å²) in [5, 5.41) is 8.59. The van der Waals surface area contributed by atoms with Crippen molar-refractivity contribution in [1.29, 1.82) is 0 Å². The maximum atomic E-state index is 8.59. The Morgan fingerprint density at radius 2 is 2.33 bits per heavy atom. The number of allylic oxidation sites excluding steroid dienone is 2.